The fraction of sp³-hybridized carbons (Fsp3) is 0.227. The second-order valence-corrected chi connectivity index (χ2v) is 7.09. The minimum Gasteiger partial charge on any atom is -0.478 e. The highest BCUT2D eigenvalue weighted by Gasteiger charge is 2.12. The number of nitrogens with one attached hydrogen (secondary N) is 2. The summed E-state index contributed by atoms with van der Waals surface area (Å²) in [5, 5.41) is 15.5. The van der Waals surface area contributed by atoms with Crippen molar-refractivity contribution in [2.75, 3.05) is 28.6 Å². The lowest BCUT2D eigenvalue weighted by Crippen LogP contribution is -2.17. The molecule has 1 aromatic heterocycles. The summed E-state index contributed by atoms with van der Waals surface area (Å²) in [5.41, 5.74) is 3.99. The third-order valence-electron chi connectivity index (χ3n) is 4.85. The second-order valence-electron chi connectivity index (χ2n) is 7.09. The van der Waals surface area contributed by atoms with Crippen molar-refractivity contribution in [3.63, 3.8) is 0 Å². The van der Waals surface area contributed by atoms with Crippen molar-refractivity contribution in [2.24, 2.45) is 0 Å². The van der Waals surface area contributed by atoms with Crippen molar-refractivity contribution in [3.05, 3.63) is 65.9 Å². The van der Waals surface area contributed by atoms with Crippen molar-refractivity contribution in [3.8, 4) is 0 Å². The number of carboxylic acids is 1. The van der Waals surface area contributed by atoms with Crippen molar-refractivity contribution in [1.29, 1.82) is 0 Å². The molecule has 1 aliphatic heterocycles. The van der Waals surface area contributed by atoms with Crippen LogP contribution in [0.1, 0.15) is 28.9 Å². The fourth-order valence-corrected chi connectivity index (χ4v) is 3.39. The van der Waals surface area contributed by atoms with Gasteiger partial charge in [0.05, 0.1) is 5.56 Å². The summed E-state index contributed by atoms with van der Waals surface area (Å²) in [6, 6.07) is 16.7. The zero-order chi connectivity index (χ0) is 20.2. The normalized spacial score (nSPS) is 13.3. The molecule has 0 unspecified atom stereocenters. The Labute approximate surface area is 169 Å². The van der Waals surface area contributed by atoms with Crippen molar-refractivity contribution >= 4 is 34.8 Å². The molecule has 0 spiro atoms. The van der Waals surface area contributed by atoms with E-state index in [1.807, 2.05) is 25.1 Å². The van der Waals surface area contributed by atoms with Crippen LogP contribution in [0, 0.1) is 6.92 Å². The zero-order valence-corrected chi connectivity index (χ0v) is 16.2. The van der Waals surface area contributed by atoms with Gasteiger partial charge in [0.1, 0.15) is 5.82 Å². The average Bonchev–Trinajstić information content (AvgIpc) is 3.23. The van der Waals surface area contributed by atoms with Crippen LogP contribution in [-0.4, -0.2) is 34.1 Å². The van der Waals surface area contributed by atoms with Gasteiger partial charge in [0, 0.05) is 41.9 Å². The predicted molar refractivity (Wildman–Crippen MR) is 115 cm³/mol. The summed E-state index contributed by atoms with van der Waals surface area (Å²) < 4.78 is 0. The average molecular weight is 389 g/mol. The maximum absolute atomic E-state index is 11.0. The number of aromatic nitrogens is 2. The number of hydrogen-bond donors (Lipinski definition) is 3. The Hall–Kier alpha value is -3.61. The van der Waals surface area contributed by atoms with E-state index in [1.165, 1.54) is 18.5 Å². The summed E-state index contributed by atoms with van der Waals surface area (Å²) in [6.07, 6.45) is 2.51. The molecule has 1 aliphatic rings. The zero-order valence-electron chi connectivity index (χ0n) is 16.2. The second kappa shape index (κ2) is 8.18. The van der Waals surface area contributed by atoms with Gasteiger partial charge in [-0.05, 0) is 68.3 Å². The highest BCUT2D eigenvalue weighted by Crippen LogP contribution is 2.24. The SMILES string of the molecule is Cc1cc(Nc2ccc(C(=O)O)cc2)nc(Nc2ccc(N3CCCC3)cc2)n1. The number of carbonyl (C=O) groups is 1. The molecule has 0 bridgehead atoms. The predicted octanol–water partition coefficient (Wildman–Crippen LogP) is 4.57. The Morgan fingerprint density at radius 2 is 1.55 bits per heavy atom. The monoisotopic (exact) mass is 389 g/mol. The molecular weight excluding hydrogens is 366 g/mol. The van der Waals surface area contributed by atoms with E-state index >= 15 is 0 Å². The van der Waals surface area contributed by atoms with Crippen LogP contribution in [0.25, 0.3) is 0 Å². The molecule has 1 saturated heterocycles. The Morgan fingerprint density at radius 3 is 2.21 bits per heavy atom. The molecule has 0 aliphatic carbocycles. The van der Waals surface area contributed by atoms with Gasteiger partial charge >= 0.3 is 5.97 Å². The molecule has 0 saturated carbocycles. The van der Waals surface area contributed by atoms with Gasteiger partial charge in [0.25, 0.3) is 0 Å². The Bertz CT molecular complexity index is 997. The van der Waals surface area contributed by atoms with Crippen LogP contribution in [0.2, 0.25) is 0 Å². The fourth-order valence-electron chi connectivity index (χ4n) is 3.39. The third-order valence-corrected chi connectivity index (χ3v) is 4.85. The first-order chi connectivity index (χ1) is 14.1. The van der Waals surface area contributed by atoms with E-state index in [0.29, 0.717) is 11.8 Å². The molecule has 2 aromatic carbocycles. The number of benzene rings is 2. The summed E-state index contributed by atoms with van der Waals surface area (Å²) in [6.45, 7) is 4.15. The van der Waals surface area contributed by atoms with Gasteiger partial charge in [-0.1, -0.05) is 0 Å². The van der Waals surface area contributed by atoms with E-state index < -0.39 is 5.97 Å². The molecule has 1 fully saturated rings. The van der Waals surface area contributed by atoms with E-state index in [-0.39, 0.29) is 5.56 Å². The van der Waals surface area contributed by atoms with E-state index in [4.69, 9.17) is 5.11 Å². The van der Waals surface area contributed by atoms with Gasteiger partial charge in [-0.3, -0.25) is 0 Å². The number of nitrogens with zero attached hydrogens (tertiary/aromatic N) is 3. The standard InChI is InChI=1S/C22H23N5O2/c1-15-14-20(24-17-6-4-16(5-7-17)21(28)29)26-22(23-15)25-18-8-10-19(11-9-18)27-12-2-3-13-27/h4-11,14H,2-3,12-13H2,1H3,(H,28,29)(H2,23,24,25,26). The largest absolute Gasteiger partial charge is 0.478 e. The first-order valence-electron chi connectivity index (χ1n) is 9.65. The minimum absolute atomic E-state index is 0.245. The lowest BCUT2D eigenvalue weighted by atomic mass is 10.2. The third kappa shape index (κ3) is 4.63. The van der Waals surface area contributed by atoms with Crippen LogP contribution in [0.15, 0.2) is 54.6 Å². The van der Waals surface area contributed by atoms with Gasteiger partial charge in [0.2, 0.25) is 5.95 Å². The summed E-state index contributed by atoms with van der Waals surface area (Å²) in [7, 11) is 0. The first-order valence-corrected chi connectivity index (χ1v) is 9.65. The smallest absolute Gasteiger partial charge is 0.335 e. The highest BCUT2D eigenvalue weighted by molar-refractivity contribution is 5.88. The van der Waals surface area contributed by atoms with E-state index in [9.17, 15) is 4.79 Å². The van der Waals surface area contributed by atoms with Crippen molar-refractivity contribution < 1.29 is 9.90 Å². The maximum atomic E-state index is 11.0. The lowest BCUT2D eigenvalue weighted by molar-refractivity contribution is 0.0697. The molecule has 4 rings (SSSR count). The molecule has 7 nitrogen and oxygen atoms in total. The Morgan fingerprint density at radius 1 is 0.931 bits per heavy atom. The molecular formula is C22H23N5O2. The molecule has 148 valence electrons. The number of anilines is 5. The first kappa shape index (κ1) is 18.7. The molecule has 2 heterocycles. The van der Waals surface area contributed by atoms with Gasteiger partial charge in [0.15, 0.2) is 0 Å². The highest BCUT2D eigenvalue weighted by atomic mass is 16.4. The van der Waals surface area contributed by atoms with Crippen LogP contribution in [0.5, 0.6) is 0 Å². The molecule has 29 heavy (non-hydrogen) atoms. The number of aryl methyl sites for hydroxylation is 1. The van der Waals surface area contributed by atoms with Crippen molar-refractivity contribution in [2.45, 2.75) is 19.8 Å². The summed E-state index contributed by atoms with van der Waals surface area (Å²) in [4.78, 5) is 22.3. The summed E-state index contributed by atoms with van der Waals surface area (Å²) in [5.74, 6) is 0.192. The summed E-state index contributed by atoms with van der Waals surface area (Å²) >= 11 is 0. The van der Waals surface area contributed by atoms with Crippen LogP contribution in [0.4, 0.5) is 28.8 Å². The molecule has 3 N–H and O–H groups in total. The Balaban J connectivity index is 1.47. The van der Waals surface area contributed by atoms with Crippen LogP contribution < -0.4 is 15.5 Å². The van der Waals surface area contributed by atoms with Crippen molar-refractivity contribution in [1.82, 2.24) is 9.97 Å². The number of carboxylic acid groups (broad SMARTS) is 1. The van der Waals surface area contributed by atoms with Gasteiger partial charge < -0.3 is 20.6 Å². The number of aromatic carboxylic acids is 1. The van der Waals surface area contributed by atoms with Gasteiger partial charge in [-0.2, -0.15) is 4.98 Å². The number of hydrogen-bond acceptors (Lipinski definition) is 6. The topological polar surface area (TPSA) is 90.4 Å². The maximum Gasteiger partial charge on any atom is 0.335 e. The Kier molecular flexibility index (Phi) is 5.29. The quantitative estimate of drug-likeness (QED) is 0.569. The van der Waals surface area contributed by atoms with E-state index in [1.54, 1.807) is 24.3 Å². The lowest BCUT2D eigenvalue weighted by Gasteiger charge is -2.18. The van der Waals surface area contributed by atoms with Crippen LogP contribution in [-0.2, 0) is 0 Å². The van der Waals surface area contributed by atoms with Crippen LogP contribution in [0.3, 0.4) is 0 Å². The van der Waals surface area contributed by atoms with E-state index in [2.05, 4.69) is 37.6 Å². The minimum atomic E-state index is -0.948. The van der Waals surface area contributed by atoms with Gasteiger partial charge in [-0.15, -0.1) is 0 Å². The van der Waals surface area contributed by atoms with E-state index in [0.717, 1.165) is 30.2 Å². The van der Waals surface area contributed by atoms with Gasteiger partial charge in [-0.25, -0.2) is 9.78 Å². The number of rotatable bonds is 6. The molecule has 3 aromatic rings. The van der Waals surface area contributed by atoms with Crippen LogP contribution >= 0.6 is 0 Å². The molecule has 7 heteroatoms. The molecule has 0 atom stereocenters. The molecule has 0 radical (unpaired) electrons. The molecule has 0 amide bonds.